The Labute approximate surface area is 164 Å². The van der Waals surface area contributed by atoms with Gasteiger partial charge in [-0.25, -0.2) is 0 Å². The van der Waals surface area contributed by atoms with E-state index in [0.29, 0.717) is 18.4 Å². The molecule has 0 fully saturated rings. The minimum atomic E-state index is -0.590. The van der Waals surface area contributed by atoms with Crippen LogP contribution in [0, 0.1) is 10.1 Å². The minimum Gasteiger partial charge on any atom is -0.504 e. The molecule has 1 aromatic carbocycles. The van der Waals surface area contributed by atoms with Crippen LogP contribution in [0.15, 0.2) is 6.07 Å². The molecular formula is C22H37NO4. The summed E-state index contributed by atoms with van der Waals surface area (Å²) in [5.41, 5.74) is 1.13. The fourth-order valence-electron chi connectivity index (χ4n) is 3.61. The first kappa shape index (κ1) is 23.3. The van der Waals surface area contributed by atoms with Crippen molar-refractivity contribution in [1.29, 1.82) is 0 Å². The van der Waals surface area contributed by atoms with E-state index < -0.39 is 10.7 Å². The summed E-state index contributed by atoms with van der Waals surface area (Å²) in [6, 6.07) is 1.53. The van der Waals surface area contributed by atoms with Crippen LogP contribution < -0.4 is 0 Å². The van der Waals surface area contributed by atoms with Crippen LogP contribution in [0.4, 0.5) is 5.69 Å². The number of nitrogens with zero attached hydrogens (tertiary/aromatic N) is 1. The largest absolute Gasteiger partial charge is 0.504 e. The molecule has 5 nitrogen and oxygen atoms in total. The number of phenolic OH excluding ortho intramolecular Hbond substituents is 2. The zero-order chi connectivity index (χ0) is 20.1. The van der Waals surface area contributed by atoms with Crippen molar-refractivity contribution in [1.82, 2.24) is 0 Å². The Balaban J connectivity index is 2.78. The molecule has 2 N–H and O–H groups in total. The van der Waals surface area contributed by atoms with Gasteiger partial charge in [-0.2, -0.15) is 0 Å². The maximum atomic E-state index is 11.5. The summed E-state index contributed by atoms with van der Waals surface area (Å²) >= 11 is 0. The van der Waals surface area contributed by atoms with Crippen LogP contribution in [-0.2, 0) is 12.8 Å². The number of benzene rings is 1. The molecule has 0 aliphatic heterocycles. The van der Waals surface area contributed by atoms with Crippen molar-refractivity contribution in [2.24, 2.45) is 0 Å². The Morgan fingerprint density at radius 3 is 1.81 bits per heavy atom. The highest BCUT2D eigenvalue weighted by molar-refractivity contribution is 5.62. The van der Waals surface area contributed by atoms with Crippen LogP contribution in [0.2, 0.25) is 0 Å². The lowest BCUT2D eigenvalue weighted by Gasteiger charge is -2.13. The Bertz CT molecular complexity index is 572. The molecule has 0 bridgehead atoms. The van der Waals surface area contributed by atoms with Crippen LogP contribution in [0.3, 0.4) is 0 Å². The smallest absolute Gasteiger partial charge is 0.318 e. The second-order valence-electron chi connectivity index (χ2n) is 7.52. The first-order valence-electron chi connectivity index (χ1n) is 10.7. The van der Waals surface area contributed by atoms with Gasteiger partial charge in [0.15, 0.2) is 5.75 Å². The molecule has 1 rings (SSSR count). The zero-order valence-electron chi connectivity index (χ0n) is 17.1. The van der Waals surface area contributed by atoms with Crippen molar-refractivity contribution < 1.29 is 15.1 Å². The van der Waals surface area contributed by atoms with E-state index in [1.54, 1.807) is 0 Å². The third kappa shape index (κ3) is 8.19. The molecular weight excluding hydrogens is 342 g/mol. The molecule has 0 saturated heterocycles. The van der Waals surface area contributed by atoms with Crippen molar-refractivity contribution in [3.8, 4) is 11.5 Å². The van der Waals surface area contributed by atoms with E-state index in [2.05, 4.69) is 13.8 Å². The third-order valence-electron chi connectivity index (χ3n) is 5.21. The van der Waals surface area contributed by atoms with Crippen LogP contribution in [0.25, 0.3) is 0 Å². The summed E-state index contributed by atoms with van der Waals surface area (Å²) in [7, 11) is 0. The fourth-order valence-corrected chi connectivity index (χ4v) is 3.61. The predicted octanol–water partition coefficient (Wildman–Crippen LogP) is 6.81. The number of aryl methyl sites for hydroxylation is 1. The summed E-state index contributed by atoms with van der Waals surface area (Å²) in [4.78, 5) is 11.0. The van der Waals surface area contributed by atoms with E-state index in [-0.39, 0.29) is 11.4 Å². The van der Waals surface area contributed by atoms with Gasteiger partial charge in [-0.1, -0.05) is 78.1 Å². The minimum absolute atomic E-state index is 0.301. The fraction of sp³-hybridized carbons (Fsp3) is 0.727. The van der Waals surface area contributed by atoms with Gasteiger partial charge in [-0.3, -0.25) is 10.1 Å². The molecule has 0 heterocycles. The molecule has 0 atom stereocenters. The Morgan fingerprint density at radius 1 is 0.815 bits per heavy atom. The van der Waals surface area contributed by atoms with E-state index in [0.717, 1.165) is 37.7 Å². The Hall–Kier alpha value is -1.78. The molecule has 27 heavy (non-hydrogen) atoms. The number of aromatic hydroxyl groups is 2. The highest BCUT2D eigenvalue weighted by Gasteiger charge is 2.26. The molecule has 1 aromatic rings. The van der Waals surface area contributed by atoms with Gasteiger partial charge in [-0.15, -0.1) is 0 Å². The van der Waals surface area contributed by atoms with Crippen molar-refractivity contribution in [2.45, 2.75) is 104 Å². The first-order valence-corrected chi connectivity index (χ1v) is 10.7. The SMILES string of the molecule is CCCCCCCCc1cc(O)c(O)c([N+](=O)[O-])c1CCCCCCCC. The van der Waals surface area contributed by atoms with E-state index in [1.165, 1.54) is 51.0 Å². The maximum absolute atomic E-state index is 11.5. The molecule has 0 saturated carbocycles. The number of nitro groups is 1. The number of rotatable bonds is 15. The van der Waals surface area contributed by atoms with Gasteiger partial charge in [0.1, 0.15) is 0 Å². The highest BCUT2D eigenvalue weighted by atomic mass is 16.6. The molecule has 0 unspecified atom stereocenters. The third-order valence-corrected chi connectivity index (χ3v) is 5.21. The van der Waals surface area contributed by atoms with Crippen LogP contribution in [-0.4, -0.2) is 15.1 Å². The molecule has 0 spiro atoms. The van der Waals surface area contributed by atoms with Crippen LogP contribution >= 0.6 is 0 Å². The second kappa shape index (κ2) is 13.4. The molecule has 0 radical (unpaired) electrons. The van der Waals surface area contributed by atoms with Crippen molar-refractivity contribution in [3.63, 3.8) is 0 Å². The van der Waals surface area contributed by atoms with Crippen LogP contribution in [0.1, 0.15) is 102 Å². The van der Waals surface area contributed by atoms with E-state index in [9.17, 15) is 20.3 Å². The van der Waals surface area contributed by atoms with Gasteiger partial charge in [0.25, 0.3) is 0 Å². The summed E-state index contributed by atoms with van der Waals surface area (Å²) in [5, 5.41) is 31.5. The Kier molecular flexibility index (Phi) is 11.5. The van der Waals surface area contributed by atoms with E-state index in [4.69, 9.17) is 0 Å². The highest BCUT2D eigenvalue weighted by Crippen LogP contribution is 2.41. The summed E-state index contributed by atoms with van der Waals surface area (Å²) < 4.78 is 0. The lowest BCUT2D eigenvalue weighted by molar-refractivity contribution is -0.386. The number of nitro benzene ring substituents is 1. The topological polar surface area (TPSA) is 83.6 Å². The van der Waals surface area contributed by atoms with Gasteiger partial charge in [0.05, 0.1) is 4.92 Å². The van der Waals surface area contributed by atoms with Crippen molar-refractivity contribution >= 4 is 5.69 Å². The average molecular weight is 380 g/mol. The monoisotopic (exact) mass is 379 g/mol. The number of unbranched alkanes of at least 4 members (excludes halogenated alkanes) is 10. The second-order valence-corrected chi connectivity index (χ2v) is 7.52. The Morgan fingerprint density at radius 2 is 1.30 bits per heavy atom. The van der Waals surface area contributed by atoms with Crippen molar-refractivity contribution in [2.75, 3.05) is 0 Å². The lowest BCUT2D eigenvalue weighted by Crippen LogP contribution is -2.03. The van der Waals surface area contributed by atoms with Gasteiger partial charge in [0.2, 0.25) is 5.75 Å². The maximum Gasteiger partial charge on any atom is 0.318 e. The summed E-state index contributed by atoms with van der Waals surface area (Å²) in [6.07, 6.45) is 14.9. The molecule has 0 amide bonds. The van der Waals surface area contributed by atoms with Crippen molar-refractivity contribution in [3.05, 3.63) is 27.3 Å². The van der Waals surface area contributed by atoms with Crippen LogP contribution in [0.5, 0.6) is 11.5 Å². The quantitative estimate of drug-likeness (QED) is 0.152. The molecule has 154 valence electrons. The molecule has 0 aliphatic rings. The zero-order valence-corrected chi connectivity index (χ0v) is 17.1. The van der Waals surface area contributed by atoms with Gasteiger partial charge in [-0.05, 0) is 37.3 Å². The predicted molar refractivity (Wildman–Crippen MR) is 111 cm³/mol. The summed E-state index contributed by atoms with van der Waals surface area (Å²) in [6.45, 7) is 4.37. The van der Waals surface area contributed by atoms with Gasteiger partial charge in [0, 0.05) is 5.56 Å². The van der Waals surface area contributed by atoms with Gasteiger partial charge >= 0.3 is 5.69 Å². The number of phenols is 2. The normalized spacial score (nSPS) is 11.0. The number of hydrogen-bond donors (Lipinski definition) is 2. The lowest BCUT2D eigenvalue weighted by atomic mass is 9.94. The number of hydrogen-bond acceptors (Lipinski definition) is 4. The standard InChI is InChI=1S/C22H37NO4/c1-3-5-7-9-11-13-15-18-17-20(24)22(25)21(23(26)27)19(18)16-14-12-10-8-6-4-2/h17,24-25H,3-16H2,1-2H3. The summed E-state index contributed by atoms with van der Waals surface area (Å²) in [5.74, 6) is -0.970. The molecule has 0 aliphatic carbocycles. The van der Waals surface area contributed by atoms with E-state index in [1.807, 2.05) is 0 Å². The van der Waals surface area contributed by atoms with Gasteiger partial charge < -0.3 is 10.2 Å². The van der Waals surface area contributed by atoms with E-state index >= 15 is 0 Å². The first-order chi connectivity index (χ1) is 13.0. The average Bonchev–Trinajstić information content (AvgIpc) is 2.63. The molecule has 5 heteroatoms. The molecule has 0 aromatic heterocycles.